The van der Waals surface area contributed by atoms with E-state index in [0.29, 0.717) is 9.88 Å². The van der Waals surface area contributed by atoms with Gasteiger partial charge in [0.05, 0.1) is 10.4 Å². The van der Waals surface area contributed by atoms with Crippen molar-refractivity contribution in [2.24, 2.45) is 0 Å². The molecule has 2 rings (SSSR count). The van der Waals surface area contributed by atoms with Gasteiger partial charge in [-0.1, -0.05) is 0 Å². The third-order valence-electron chi connectivity index (χ3n) is 1.40. The number of carboxylic acids is 1. The first kappa shape index (κ1) is 8.33. The minimum atomic E-state index is -1.01. The molecule has 2 heterocycles. The van der Waals surface area contributed by atoms with Gasteiger partial charge >= 0.3 is 5.97 Å². The molecule has 0 spiro atoms. The molecule has 0 aliphatic rings. The first-order valence-electron chi connectivity index (χ1n) is 3.35. The highest BCUT2D eigenvalue weighted by Crippen LogP contribution is 2.28. The summed E-state index contributed by atoms with van der Waals surface area (Å²) in [6.07, 6.45) is 1.64. The molecule has 13 heavy (non-hydrogen) atoms. The summed E-state index contributed by atoms with van der Waals surface area (Å²) in [5.41, 5.74) is 1.60. The molecule has 0 atom stereocenters. The van der Waals surface area contributed by atoms with Gasteiger partial charge in [-0.3, -0.25) is 0 Å². The lowest BCUT2D eigenvalue weighted by Gasteiger charge is -1.91. The predicted molar refractivity (Wildman–Crippen MR) is 50.2 cm³/mol. The van der Waals surface area contributed by atoms with E-state index in [4.69, 9.17) is 5.11 Å². The molecule has 0 fully saturated rings. The largest absolute Gasteiger partial charge is 0.476 e. The van der Waals surface area contributed by atoms with E-state index in [2.05, 4.69) is 9.97 Å². The Morgan fingerprint density at radius 3 is 2.85 bits per heavy atom. The minimum absolute atomic E-state index is 0.0833. The van der Waals surface area contributed by atoms with E-state index in [9.17, 15) is 4.79 Å². The lowest BCUT2D eigenvalue weighted by atomic mass is 10.4. The second kappa shape index (κ2) is 3.23. The summed E-state index contributed by atoms with van der Waals surface area (Å²) >= 11 is 2.70. The summed E-state index contributed by atoms with van der Waals surface area (Å²) < 4.78 is 0. The van der Waals surface area contributed by atoms with E-state index in [1.807, 2.05) is 0 Å². The number of rotatable bonds is 2. The van der Waals surface area contributed by atoms with Crippen molar-refractivity contribution in [1.29, 1.82) is 0 Å². The molecular formula is C7H4N2O2S2. The molecule has 2 aromatic rings. The third-order valence-corrected chi connectivity index (χ3v) is 3.15. The van der Waals surface area contributed by atoms with Gasteiger partial charge in [0, 0.05) is 11.6 Å². The van der Waals surface area contributed by atoms with Crippen molar-refractivity contribution in [3.05, 3.63) is 22.8 Å². The van der Waals surface area contributed by atoms with Gasteiger partial charge in [-0.05, 0) is 0 Å². The summed E-state index contributed by atoms with van der Waals surface area (Å²) in [4.78, 5) is 19.1. The minimum Gasteiger partial charge on any atom is -0.476 e. The van der Waals surface area contributed by atoms with Gasteiger partial charge in [0.1, 0.15) is 5.01 Å². The summed E-state index contributed by atoms with van der Waals surface area (Å²) in [5.74, 6) is -1.01. The molecule has 66 valence electrons. The Labute approximate surface area is 81.5 Å². The second-order valence-corrected chi connectivity index (χ2v) is 3.92. The fourth-order valence-electron chi connectivity index (χ4n) is 0.886. The molecule has 0 bridgehead atoms. The molecular weight excluding hydrogens is 208 g/mol. The number of nitrogens with zero attached hydrogens (tertiary/aromatic N) is 2. The Morgan fingerprint density at radius 1 is 1.38 bits per heavy atom. The number of hydrogen-bond donors (Lipinski definition) is 1. The second-order valence-electron chi connectivity index (χ2n) is 2.17. The number of carbonyl (C=O) groups is 1. The molecule has 2 aromatic heterocycles. The van der Waals surface area contributed by atoms with E-state index in [-0.39, 0.29) is 5.69 Å². The Morgan fingerprint density at radius 2 is 2.23 bits per heavy atom. The summed E-state index contributed by atoms with van der Waals surface area (Å²) in [7, 11) is 0. The van der Waals surface area contributed by atoms with Crippen molar-refractivity contribution in [1.82, 2.24) is 9.97 Å². The highest BCUT2D eigenvalue weighted by Gasteiger charge is 2.16. The highest BCUT2D eigenvalue weighted by molar-refractivity contribution is 7.20. The van der Waals surface area contributed by atoms with Crippen molar-refractivity contribution in [3.63, 3.8) is 0 Å². The maximum Gasteiger partial charge on any atom is 0.356 e. The van der Waals surface area contributed by atoms with Crippen LogP contribution in [0.25, 0.3) is 9.88 Å². The first-order chi connectivity index (χ1) is 6.29. The van der Waals surface area contributed by atoms with Crippen molar-refractivity contribution in [2.75, 3.05) is 0 Å². The van der Waals surface area contributed by atoms with Gasteiger partial charge in [-0.25, -0.2) is 14.8 Å². The third kappa shape index (κ3) is 1.45. The van der Waals surface area contributed by atoms with Crippen LogP contribution in [-0.4, -0.2) is 21.0 Å². The molecule has 6 heteroatoms. The van der Waals surface area contributed by atoms with Crippen LogP contribution in [0.2, 0.25) is 0 Å². The molecule has 0 aliphatic carbocycles. The Hall–Kier alpha value is -1.27. The first-order valence-corrected chi connectivity index (χ1v) is 5.11. The monoisotopic (exact) mass is 212 g/mol. The zero-order chi connectivity index (χ0) is 9.26. The highest BCUT2D eigenvalue weighted by atomic mass is 32.1. The van der Waals surface area contributed by atoms with Crippen LogP contribution in [0, 0.1) is 0 Å². The SMILES string of the molecule is O=C(O)c1ncsc1-c1nccs1. The molecule has 0 amide bonds. The van der Waals surface area contributed by atoms with E-state index in [1.165, 1.54) is 28.2 Å². The Kier molecular flexibility index (Phi) is 2.07. The standard InChI is InChI=1S/C7H4N2O2S2/c10-7(11)4-5(13-3-9-4)6-8-1-2-12-6/h1-3H,(H,10,11). The van der Waals surface area contributed by atoms with E-state index in [1.54, 1.807) is 11.6 Å². The molecule has 1 N–H and O–H groups in total. The topological polar surface area (TPSA) is 63.1 Å². The van der Waals surface area contributed by atoms with Gasteiger partial charge in [0.25, 0.3) is 0 Å². The van der Waals surface area contributed by atoms with Crippen LogP contribution < -0.4 is 0 Å². The average Bonchev–Trinajstić information content (AvgIpc) is 2.74. The van der Waals surface area contributed by atoms with Crippen LogP contribution in [0.15, 0.2) is 17.1 Å². The quantitative estimate of drug-likeness (QED) is 0.826. The number of carboxylic acid groups (broad SMARTS) is 1. The van der Waals surface area contributed by atoms with Gasteiger partial charge in [0.15, 0.2) is 5.69 Å². The van der Waals surface area contributed by atoms with Crippen molar-refractivity contribution >= 4 is 28.6 Å². The van der Waals surface area contributed by atoms with E-state index in [0.717, 1.165) is 0 Å². The van der Waals surface area contributed by atoms with Crippen LogP contribution in [0.4, 0.5) is 0 Å². The lowest BCUT2D eigenvalue weighted by molar-refractivity contribution is 0.0692. The number of aromatic carboxylic acids is 1. The molecule has 0 saturated carbocycles. The van der Waals surface area contributed by atoms with E-state index >= 15 is 0 Å². The molecule has 0 saturated heterocycles. The molecule has 0 radical (unpaired) electrons. The van der Waals surface area contributed by atoms with Crippen LogP contribution >= 0.6 is 22.7 Å². The molecule has 4 nitrogen and oxygen atoms in total. The van der Waals surface area contributed by atoms with Crippen molar-refractivity contribution < 1.29 is 9.90 Å². The molecule has 0 aliphatic heterocycles. The molecule has 0 aromatic carbocycles. The van der Waals surface area contributed by atoms with Gasteiger partial charge < -0.3 is 5.11 Å². The summed E-state index contributed by atoms with van der Waals surface area (Å²) in [5, 5.41) is 11.3. The van der Waals surface area contributed by atoms with Crippen LogP contribution in [-0.2, 0) is 0 Å². The van der Waals surface area contributed by atoms with Crippen molar-refractivity contribution in [2.45, 2.75) is 0 Å². The Bertz CT molecular complexity index is 421. The van der Waals surface area contributed by atoms with E-state index < -0.39 is 5.97 Å². The normalized spacial score (nSPS) is 10.2. The van der Waals surface area contributed by atoms with Crippen LogP contribution in [0.5, 0.6) is 0 Å². The van der Waals surface area contributed by atoms with Crippen LogP contribution in [0.3, 0.4) is 0 Å². The fraction of sp³-hybridized carbons (Fsp3) is 0. The number of thiazole rings is 2. The predicted octanol–water partition coefficient (Wildman–Crippen LogP) is 1.96. The van der Waals surface area contributed by atoms with Crippen LogP contribution in [0.1, 0.15) is 10.5 Å². The Balaban J connectivity index is 2.52. The lowest BCUT2D eigenvalue weighted by Crippen LogP contribution is -1.97. The zero-order valence-corrected chi connectivity index (χ0v) is 7.93. The average molecular weight is 212 g/mol. The number of aromatic nitrogens is 2. The number of hydrogen-bond acceptors (Lipinski definition) is 5. The maximum atomic E-state index is 10.7. The smallest absolute Gasteiger partial charge is 0.356 e. The summed E-state index contributed by atoms with van der Waals surface area (Å²) in [6, 6.07) is 0. The van der Waals surface area contributed by atoms with Gasteiger partial charge in [-0.15, -0.1) is 22.7 Å². The van der Waals surface area contributed by atoms with Gasteiger partial charge in [0.2, 0.25) is 0 Å². The molecule has 0 unspecified atom stereocenters. The fourth-order valence-corrected chi connectivity index (χ4v) is 2.42. The van der Waals surface area contributed by atoms with Gasteiger partial charge in [-0.2, -0.15) is 0 Å². The zero-order valence-electron chi connectivity index (χ0n) is 6.30. The summed E-state index contributed by atoms with van der Waals surface area (Å²) in [6.45, 7) is 0. The maximum absolute atomic E-state index is 10.7. The van der Waals surface area contributed by atoms with Crippen molar-refractivity contribution in [3.8, 4) is 9.88 Å².